The van der Waals surface area contributed by atoms with Gasteiger partial charge in [0.25, 0.3) is 0 Å². The van der Waals surface area contributed by atoms with Crippen molar-refractivity contribution in [1.82, 2.24) is 0 Å². The van der Waals surface area contributed by atoms with Crippen molar-refractivity contribution in [2.75, 3.05) is 11.6 Å². The lowest BCUT2D eigenvalue weighted by atomic mass is 9.86. The lowest BCUT2D eigenvalue weighted by Crippen LogP contribution is -2.39. The first kappa shape index (κ1) is 14.2. The molecule has 0 N–H and O–H groups in total. The Morgan fingerprint density at radius 2 is 1.86 bits per heavy atom. The van der Waals surface area contributed by atoms with Crippen molar-refractivity contribution in [3.05, 3.63) is 59.1 Å². The minimum absolute atomic E-state index is 0.147. The van der Waals surface area contributed by atoms with Gasteiger partial charge < -0.3 is 0 Å². The van der Waals surface area contributed by atoms with Crippen molar-refractivity contribution in [2.45, 2.75) is 23.5 Å². The average molecular weight is 329 g/mol. The highest BCUT2D eigenvalue weighted by molar-refractivity contribution is 8.00. The van der Waals surface area contributed by atoms with E-state index in [4.69, 9.17) is 16.7 Å². The Hall–Kier alpha value is -1.45. The Labute approximate surface area is 140 Å². The minimum Gasteiger partial charge on any atom is -0.265 e. The molecule has 0 saturated heterocycles. The number of halogens is 1. The zero-order chi connectivity index (χ0) is 15.3. The predicted molar refractivity (Wildman–Crippen MR) is 95.2 cm³/mol. The van der Waals surface area contributed by atoms with Gasteiger partial charge in [0.1, 0.15) is 0 Å². The first-order valence-corrected chi connectivity index (χ1v) is 8.64. The summed E-state index contributed by atoms with van der Waals surface area (Å²) in [5.41, 5.74) is 3.60. The van der Waals surface area contributed by atoms with Gasteiger partial charge in [0.05, 0.1) is 17.9 Å². The largest absolute Gasteiger partial charge is 0.265 e. The fourth-order valence-corrected chi connectivity index (χ4v) is 4.64. The number of thioether (sulfide) groups is 1. The molecule has 2 aromatic rings. The van der Waals surface area contributed by atoms with Crippen LogP contribution in [0.3, 0.4) is 0 Å². The van der Waals surface area contributed by atoms with E-state index in [9.17, 15) is 0 Å². The number of anilines is 1. The molecule has 0 aliphatic carbocycles. The average Bonchev–Trinajstić information content (AvgIpc) is 2.94. The molecule has 1 atom stereocenters. The molecule has 0 spiro atoms. The fourth-order valence-electron chi connectivity index (χ4n) is 3.19. The van der Waals surface area contributed by atoms with Gasteiger partial charge in [-0.15, -0.1) is 11.8 Å². The maximum atomic E-state index is 5.99. The number of hydrogen-bond donors (Lipinski definition) is 0. The van der Waals surface area contributed by atoms with Crippen LogP contribution in [-0.4, -0.2) is 17.0 Å². The lowest BCUT2D eigenvalue weighted by Gasteiger charge is -2.36. The van der Waals surface area contributed by atoms with Gasteiger partial charge in [0, 0.05) is 26.1 Å². The summed E-state index contributed by atoms with van der Waals surface area (Å²) >= 11 is 7.96. The summed E-state index contributed by atoms with van der Waals surface area (Å²) < 4.78 is 0.147. The highest BCUT2D eigenvalue weighted by Gasteiger charge is 2.44. The second-order valence-electron chi connectivity index (χ2n) is 6.30. The number of rotatable bonds is 1. The van der Waals surface area contributed by atoms with Gasteiger partial charge in [-0.2, -0.15) is 5.10 Å². The predicted octanol–water partition coefficient (Wildman–Crippen LogP) is 5.06. The normalized spacial score (nSPS) is 22.0. The Bertz CT molecular complexity index is 752. The molecule has 0 saturated carbocycles. The summed E-state index contributed by atoms with van der Waals surface area (Å²) in [7, 11) is 0. The van der Waals surface area contributed by atoms with Gasteiger partial charge in [-0.1, -0.05) is 29.8 Å². The Morgan fingerprint density at radius 1 is 1.14 bits per heavy atom. The van der Waals surface area contributed by atoms with E-state index in [2.05, 4.69) is 43.1 Å². The SMILES string of the molecule is CC1(C)Sc2ccccc2C2=NN(c3ccc(Cl)cc3)CC21. The number of fused-ring (bicyclic) bond motifs is 3. The monoisotopic (exact) mass is 328 g/mol. The van der Waals surface area contributed by atoms with E-state index in [0.29, 0.717) is 5.92 Å². The van der Waals surface area contributed by atoms with Crippen molar-refractivity contribution < 1.29 is 0 Å². The van der Waals surface area contributed by atoms with E-state index >= 15 is 0 Å². The summed E-state index contributed by atoms with van der Waals surface area (Å²) in [4.78, 5) is 1.33. The Morgan fingerprint density at radius 3 is 2.64 bits per heavy atom. The molecule has 2 aliphatic rings. The summed E-state index contributed by atoms with van der Waals surface area (Å²) in [5.74, 6) is 0.433. The zero-order valence-electron chi connectivity index (χ0n) is 12.6. The van der Waals surface area contributed by atoms with E-state index in [1.807, 2.05) is 36.0 Å². The topological polar surface area (TPSA) is 15.6 Å². The van der Waals surface area contributed by atoms with E-state index in [0.717, 1.165) is 17.3 Å². The third-order valence-electron chi connectivity index (χ3n) is 4.41. The molecule has 2 aromatic carbocycles. The third kappa shape index (κ3) is 2.24. The highest BCUT2D eigenvalue weighted by atomic mass is 35.5. The minimum atomic E-state index is 0.147. The van der Waals surface area contributed by atoms with E-state index < -0.39 is 0 Å². The second-order valence-corrected chi connectivity index (χ2v) is 8.43. The first-order chi connectivity index (χ1) is 10.5. The number of nitrogens with zero attached hydrogens (tertiary/aromatic N) is 2. The van der Waals surface area contributed by atoms with Crippen LogP contribution in [0.5, 0.6) is 0 Å². The zero-order valence-corrected chi connectivity index (χ0v) is 14.2. The van der Waals surface area contributed by atoms with Crippen LogP contribution in [0.15, 0.2) is 58.5 Å². The van der Waals surface area contributed by atoms with Crippen LogP contribution in [0.4, 0.5) is 5.69 Å². The lowest BCUT2D eigenvalue weighted by molar-refractivity contribution is 0.555. The molecule has 0 aromatic heterocycles. The van der Waals surface area contributed by atoms with Crippen molar-refractivity contribution in [3.8, 4) is 0 Å². The molecule has 4 rings (SSSR count). The Kier molecular flexibility index (Phi) is 3.24. The van der Waals surface area contributed by atoms with Crippen molar-refractivity contribution in [1.29, 1.82) is 0 Å². The summed E-state index contributed by atoms with van der Waals surface area (Å²) in [6.45, 7) is 5.56. The molecule has 0 bridgehead atoms. The summed E-state index contributed by atoms with van der Waals surface area (Å²) in [5, 5.41) is 7.81. The second kappa shape index (κ2) is 5.04. The van der Waals surface area contributed by atoms with Gasteiger partial charge in [0.2, 0.25) is 0 Å². The molecular weight excluding hydrogens is 312 g/mol. The van der Waals surface area contributed by atoms with Crippen LogP contribution < -0.4 is 5.01 Å². The number of hydrazone groups is 1. The standard InChI is InChI=1S/C18H17ClN2S/c1-18(2)15-11-21(13-9-7-12(19)8-10-13)20-17(15)14-5-3-4-6-16(14)22-18/h3-10,15H,11H2,1-2H3. The van der Waals surface area contributed by atoms with Crippen molar-refractivity contribution >= 4 is 34.8 Å². The van der Waals surface area contributed by atoms with Gasteiger partial charge in [-0.25, -0.2) is 0 Å². The van der Waals surface area contributed by atoms with Crippen LogP contribution in [0, 0.1) is 5.92 Å². The van der Waals surface area contributed by atoms with Crippen LogP contribution in [-0.2, 0) is 0 Å². The highest BCUT2D eigenvalue weighted by Crippen LogP contribution is 2.48. The van der Waals surface area contributed by atoms with Crippen LogP contribution in [0.25, 0.3) is 0 Å². The van der Waals surface area contributed by atoms with E-state index in [-0.39, 0.29) is 4.75 Å². The van der Waals surface area contributed by atoms with Gasteiger partial charge in [-0.05, 0) is 44.2 Å². The van der Waals surface area contributed by atoms with Crippen molar-refractivity contribution in [3.63, 3.8) is 0 Å². The maximum Gasteiger partial charge on any atom is 0.0756 e. The molecule has 1 unspecified atom stereocenters. The van der Waals surface area contributed by atoms with Gasteiger partial charge in [-0.3, -0.25) is 5.01 Å². The molecule has 112 valence electrons. The molecule has 2 aliphatic heterocycles. The van der Waals surface area contributed by atoms with Crippen LogP contribution >= 0.6 is 23.4 Å². The van der Waals surface area contributed by atoms with Crippen molar-refractivity contribution in [2.24, 2.45) is 11.0 Å². The molecule has 4 heteroatoms. The van der Waals surface area contributed by atoms with Crippen LogP contribution in [0.1, 0.15) is 19.4 Å². The molecular formula is C18H17ClN2S. The molecule has 0 fully saturated rings. The Balaban J connectivity index is 1.78. The third-order valence-corrected chi connectivity index (χ3v) is 6.05. The molecule has 2 nitrogen and oxygen atoms in total. The van der Waals surface area contributed by atoms with Gasteiger partial charge >= 0.3 is 0 Å². The fraction of sp³-hybridized carbons (Fsp3) is 0.278. The van der Waals surface area contributed by atoms with E-state index in [1.54, 1.807) is 0 Å². The smallest absolute Gasteiger partial charge is 0.0756 e. The van der Waals surface area contributed by atoms with E-state index in [1.165, 1.54) is 16.2 Å². The van der Waals surface area contributed by atoms with Crippen LogP contribution in [0.2, 0.25) is 5.02 Å². The van der Waals surface area contributed by atoms with Gasteiger partial charge in [0.15, 0.2) is 0 Å². The molecule has 22 heavy (non-hydrogen) atoms. The molecule has 0 radical (unpaired) electrons. The molecule has 2 heterocycles. The summed E-state index contributed by atoms with van der Waals surface area (Å²) in [6, 6.07) is 16.5. The quantitative estimate of drug-likeness (QED) is 0.726. The number of benzene rings is 2. The molecule has 0 amide bonds. The first-order valence-electron chi connectivity index (χ1n) is 7.44. The summed E-state index contributed by atoms with van der Waals surface area (Å²) in [6.07, 6.45) is 0. The number of hydrogen-bond acceptors (Lipinski definition) is 3. The maximum absolute atomic E-state index is 5.99.